The molecule has 0 spiro atoms. The van der Waals surface area contributed by atoms with Crippen LogP contribution in [0, 0.1) is 13.8 Å². The molecule has 0 saturated carbocycles. The number of aromatic nitrogens is 2. The molecule has 0 amide bonds. The second-order valence-electron chi connectivity index (χ2n) is 10.3. The van der Waals surface area contributed by atoms with Crippen molar-refractivity contribution >= 4 is 21.5 Å². The average Bonchev–Trinajstić information content (AvgIpc) is 3.00. The lowest BCUT2D eigenvalue weighted by molar-refractivity contribution is 1.20. The van der Waals surface area contributed by atoms with Crippen molar-refractivity contribution in [3.05, 3.63) is 145 Å². The number of hydrogen-bond donors (Lipinski definition) is 0. The van der Waals surface area contributed by atoms with Crippen molar-refractivity contribution in [3.8, 4) is 44.6 Å². The molecule has 0 aliphatic rings. The van der Waals surface area contributed by atoms with E-state index < -0.39 is 0 Å². The maximum absolute atomic E-state index is 4.58. The van der Waals surface area contributed by atoms with Crippen molar-refractivity contribution in [2.75, 3.05) is 0 Å². The van der Waals surface area contributed by atoms with Crippen molar-refractivity contribution in [3.63, 3.8) is 0 Å². The van der Waals surface area contributed by atoms with Gasteiger partial charge in [-0.05, 0) is 87.0 Å². The summed E-state index contributed by atoms with van der Waals surface area (Å²) in [6, 6.07) is 43.5. The van der Waals surface area contributed by atoms with Crippen LogP contribution >= 0.6 is 0 Å². The van der Waals surface area contributed by atoms with E-state index in [2.05, 4.69) is 127 Å². The summed E-state index contributed by atoms with van der Waals surface area (Å²) >= 11 is 0. The molecule has 5 aromatic carbocycles. The lowest BCUT2D eigenvalue weighted by Gasteiger charge is -2.18. The van der Waals surface area contributed by atoms with Crippen molar-refractivity contribution in [1.82, 2.24) is 9.97 Å². The molecule has 2 nitrogen and oxygen atoms in total. The third kappa shape index (κ3) is 4.06. The van der Waals surface area contributed by atoms with Crippen molar-refractivity contribution in [2.24, 2.45) is 0 Å². The van der Waals surface area contributed by atoms with E-state index in [0.717, 1.165) is 11.4 Å². The Labute approximate surface area is 234 Å². The maximum Gasteiger partial charge on any atom is 0.0704 e. The number of hydrogen-bond acceptors (Lipinski definition) is 2. The topological polar surface area (TPSA) is 25.8 Å². The Balaban J connectivity index is 1.44. The summed E-state index contributed by atoms with van der Waals surface area (Å²) in [7, 11) is 0. The van der Waals surface area contributed by atoms with Crippen molar-refractivity contribution in [2.45, 2.75) is 13.8 Å². The molecule has 0 atom stereocenters. The lowest BCUT2D eigenvalue weighted by Crippen LogP contribution is -1.93. The molecule has 0 aliphatic carbocycles. The van der Waals surface area contributed by atoms with Gasteiger partial charge >= 0.3 is 0 Å². The molecule has 0 aliphatic heterocycles. The van der Waals surface area contributed by atoms with Crippen LogP contribution in [-0.4, -0.2) is 9.97 Å². The zero-order chi connectivity index (χ0) is 27.1. The number of pyridine rings is 2. The molecular formula is C38H28N2. The third-order valence-electron chi connectivity index (χ3n) is 7.88. The first-order valence-corrected chi connectivity index (χ1v) is 13.7. The third-order valence-corrected chi connectivity index (χ3v) is 7.88. The molecule has 0 bridgehead atoms. The van der Waals surface area contributed by atoms with Gasteiger partial charge in [-0.15, -0.1) is 0 Å². The van der Waals surface area contributed by atoms with Crippen LogP contribution < -0.4 is 0 Å². The molecule has 0 fully saturated rings. The predicted molar refractivity (Wildman–Crippen MR) is 168 cm³/mol. The Kier molecular flexibility index (Phi) is 5.94. The zero-order valence-electron chi connectivity index (χ0n) is 22.6. The Morgan fingerprint density at radius 3 is 1.55 bits per heavy atom. The van der Waals surface area contributed by atoms with Crippen LogP contribution in [0.25, 0.3) is 66.2 Å². The second kappa shape index (κ2) is 9.91. The van der Waals surface area contributed by atoms with Crippen LogP contribution in [-0.2, 0) is 0 Å². The van der Waals surface area contributed by atoms with Gasteiger partial charge in [0.1, 0.15) is 0 Å². The molecule has 7 rings (SSSR count). The largest absolute Gasteiger partial charge is 0.261 e. The van der Waals surface area contributed by atoms with Crippen LogP contribution in [0.3, 0.4) is 0 Å². The van der Waals surface area contributed by atoms with Crippen LogP contribution in [0.1, 0.15) is 11.3 Å². The predicted octanol–water partition coefficient (Wildman–Crippen LogP) is 10.1. The van der Waals surface area contributed by atoms with Gasteiger partial charge in [-0.2, -0.15) is 0 Å². The summed E-state index contributed by atoms with van der Waals surface area (Å²) in [5.74, 6) is 0. The first-order chi connectivity index (χ1) is 19.7. The molecule has 0 radical (unpaired) electrons. The van der Waals surface area contributed by atoms with Gasteiger partial charge in [0.05, 0.1) is 5.69 Å². The van der Waals surface area contributed by atoms with Gasteiger partial charge in [0.25, 0.3) is 0 Å². The maximum atomic E-state index is 4.58. The van der Waals surface area contributed by atoms with Gasteiger partial charge in [0, 0.05) is 29.2 Å². The normalized spacial score (nSPS) is 11.2. The van der Waals surface area contributed by atoms with Gasteiger partial charge in [-0.3, -0.25) is 9.97 Å². The summed E-state index contributed by atoms with van der Waals surface area (Å²) in [5, 5.41) is 5.03. The molecule has 0 unspecified atom stereocenters. The standard InChI is InChI=1S/C38H28N2/c1-25-24-29(20-21-30(25)36-15-7-8-22-40-36)38-34-12-5-3-10-32(34)37(33-11-4-6-13-35(33)38)28-18-16-27(17-19-28)31-14-9-23-39-26(31)2/h3-24H,1-2H3. The summed E-state index contributed by atoms with van der Waals surface area (Å²) < 4.78 is 0. The number of fused-ring (bicyclic) bond motifs is 2. The van der Waals surface area contributed by atoms with E-state index in [9.17, 15) is 0 Å². The summed E-state index contributed by atoms with van der Waals surface area (Å²) in [5.41, 5.74) is 11.8. The Morgan fingerprint density at radius 1 is 0.425 bits per heavy atom. The first-order valence-electron chi connectivity index (χ1n) is 13.7. The quantitative estimate of drug-likeness (QED) is 0.219. The van der Waals surface area contributed by atoms with Crippen molar-refractivity contribution in [1.29, 1.82) is 0 Å². The molecule has 7 aromatic rings. The van der Waals surface area contributed by atoms with E-state index >= 15 is 0 Å². The number of benzene rings is 5. The minimum atomic E-state index is 1.00. The van der Waals surface area contributed by atoms with Crippen LogP contribution in [0.4, 0.5) is 0 Å². The average molecular weight is 513 g/mol. The number of aryl methyl sites for hydroxylation is 2. The molecule has 190 valence electrons. The Hall–Kier alpha value is -5.08. The fraction of sp³-hybridized carbons (Fsp3) is 0.0526. The van der Waals surface area contributed by atoms with Crippen LogP contribution in [0.5, 0.6) is 0 Å². The highest BCUT2D eigenvalue weighted by Crippen LogP contribution is 2.44. The lowest BCUT2D eigenvalue weighted by atomic mass is 9.85. The first kappa shape index (κ1) is 24.0. The van der Waals surface area contributed by atoms with E-state index in [1.165, 1.54) is 66.1 Å². The molecule has 40 heavy (non-hydrogen) atoms. The van der Waals surface area contributed by atoms with Gasteiger partial charge in [-0.1, -0.05) is 103 Å². The highest BCUT2D eigenvalue weighted by Gasteiger charge is 2.17. The van der Waals surface area contributed by atoms with Gasteiger partial charge in [-0.25, -0.2) is 0 Å². The summed E-state index contributed by atoms with van der Waals surface area (Å²) in [6.45, 7) is 4.24. The van der Waals surface area contributed by atoms with E-state index in [1.807, 2.05) is 30.6 Å². The molecule has 0 N–H and O–H groups in total. The van der Waals surface area contributed by atoms with Gasteiger partial charge < -0.3 is 0 Å². The molecular weight excluding hydrogens is 484 g/mol. The Morgan fingerprint density at radius 2 is 0.975 bits per heavy atom. The highest BCUT2D eigenvalue weighted by molar-refractivity contribution is 6.21. The van der Waals surface area contributed by atoms with Crippen LogP contribution in [0.2, 0.25) is 0 Å². The minimum Gasteiger partial charge on any atom is -0.261 e. The molecule has 2 heteroatoms. The van der Waals surface area contributed by atoms with E-state index in [4.69, 9.17) is 0 Å². The summed E-state index contributed by atoms with van der Waals surface area (Å²) in [6.07, 6.45) is 3.70. The second-order valence-corrected chi connectivity index (χ2v) is 10.3. The SMILES string of the molecule is Cc1cc(-c2c3ccccc3c(-c3ccc(-c4cccnc4C)cc3)c3ccccc23)ccc1-c1ccccn1. The van der Waals surface area contributed by atoms with E-state index in [1.54, 1.807) is 0 Å². The van der Waals surface area contributed by atoms with Gasteiger partial charge in [0.2, 0.25) is 0 Å². The van der Waals surface area contributed by atoms with E-state index in [0.29, 0.717) is 0 Å². The molecule has 2 heterocycles. The minimum absolute atomic E-state index is 1.00. The smallest absolute Gasteiger partial charge is 0.0704 e. The number of nitrogens with zero attached hydrogens (tertiary/aromatic N) is 2. The molecule has 2 aromatic heterocycles. The summed E-state index contributed by atoms with van der Waals surface area (Å²) in [4.78, 5) is 9.07. The highest BCUT2D eigenvalue weighted by atomic mass is 14.7. The molecule has 0 saturated heterocycles. The van der Waals surface area contributed by atoms with Gasteiger partial charge in [0.15, 0.2) is 0 Å². The van der Waals surface area contributed by atoms with Crippen molar-refractivity contribution < 1.29 is 0 Å². The Bertz CT molecular complexity index is 1950. The fourth-order valence-electron chi connectivity index (χ4n) is 5.98. The zero-order valence-corrected chi connectivity index (χ0v) is 22.6. The van der Waals surface area contributed by atoms with Crippen LogP contribution in [0.15, 0.2) is 134 Å². The number of rotatable bonds is 4. The monoisotopic (exact) mass is 512 g/mol. The van der Waals surface area contributed by atoms with E-state index in [-0.39, 0.29) is 0 Å². The fourth-order valence-corrected chi connectivity index (χ4v) is 5.98.